The van der Waals surface area contributed by atoms with Gasteiger partial charge in [-0.3, -0.25) is 9.59 Å². The Morgan fingerprint density at radius 1 is 1.10 bits per heavy atom. The van der Waals surface area contributed by atoms with Crippen molar-refractivity contribution in [2.45, 2.75) is 32.7 Å². The average molecular weight is 393 g/mol. The van der Waals surface area contributed by atoms with Crippen molar-refractivity contribution in [2.24, 2.45) is 0 Å². The second kappa shape index (κ2) is 8.30. The first kappa shape index (κ1) is 18.9. The van der Waals surface area contributed by atoms with Crippen LogP contribution in [0.15, 0.2) is 51.8 Å². The lowest BCUT2D eigenvalue weighted by molar-refractivity contribution is -0.117. The molecule has 1 aliphatic rings. The van der Waals surface area contributed by atoms with Crippen LogP contribution in [0, 0.1) is 6.92 Å². The third kappa shape index (κ3) is 4.53. The summed E-state index contributed by atoms with van der Waals surface area (Å²) in [6.07, 6.45) is 3.75. The van der Waals surface area contributed by atoms with E-state index >= 15 is 0 Å². The van der Waals surface area contributed by atoms with E-state index in [1.54, 1.807) is 19.1 Å². The first-order chi connectivity index (χ1) is 14.1. The molecular formula is C21H23N5O3. The van der Waals surface area contributed by atoms with Gasteiger partial charge in [-0.1, -0.05) is 17.3 Å². The fourth-order valence-electron chi connectivity index (χ4n) is 3.45. The number of hydrogen-bond donors (Lipinski definition) is 1. The number of nitrogens with one attached hydrogen (secondary N) is 1. The SMILES string of the molecule is Cc1cc(NC(=O)Cn2nc(-c3ccc(N4CCCCC4)cc3)ccc2=O)no1. The molecule has 1 N–H and O–H groups in total. The summed E-state index contributed by atoms with van der Waals surface area (Å²) in [5.41, 5.74) is 2.39. The van der Waals surface area contributed by atoms with Gasteiger partial charge in [0.05, 0.1) is 5.69 Å². The molecule has 0 unspecified atom stereocenters. The zero-order valence-electron chi connectivity index (χ0n) is 16.3. The summed E-state index contributed by atoms with van der Waals surface area (Å²) in [4.78, 5) is 26.7. The van der Waals surface area contributed by atoms with Gasteiger partial charge in [0.1, 0.15) is 12.3 Å². The fourth-order valence-corrected chi connectivity index (χ4v) is 3.45. The highest BCUT2D eigenvalue weighted by molar-refractivity contribution is 5.89. The Hall–Kier alpha value is -3.42. The number of carbonyl (C=O) groups is 1. The van der Waals surface area contributed by atoms with E-state index in [9.17, 15) is 9.59 Å². The number of piperidine rings is 1. The number of aromatic nitrogens is 3. The molecule has 2 aromatic heterocycles. The van der Waals surface area contributed by atoms with E-state index in [0.717, 1.165) is 23.3 Å². The van der Waals surface area contributed by atoms with Crippen molar-refractivity contribution in [3.05, 3.63) is 58.6 Å². The van der Waals surface area contributed by atoms with E-state index in [2.05, 4.69) is 32.6 Å². The minimum Gasteiger partial charge on any atom is -0.372 e. The summed E-state index contributed by atoms with van der Waals surface area (Å²) in [5, 5.41) is 10.7. The summed E-state index contributed by atoms with van der Waals surface area (Å²) in [6.45, 7) is 3.70. The maximum atomic E-state index is 12.2. The van der Waals surface area contributed by atoms with E-state index in [4.69, 9.17) is 4.52 Å². The molecular weight excluding hydrogens is 370 g/mol. The van der Waals surface area contributed by atoms with Gasteiger partial charge in [0.2, 0.25) is 5.91 Å². The molecule has 0 bridgehead atoms. The lowest BCUT2D eigenvalue weighted by Crippen LogP contribution is -2.29. The molecule has 0 atom stereocenters. The first-order valence-corrected chi connectivity index (χ1v) is 9.75. The van der Waals surface area contributed by atoms with Crippen LogP contribution in [0.2, 0.25) is 0 Å². The van der Waals surface area contributed by atoms with E-state index in [1.165, 1.54) is 31.0 Å². The fraction of sp³-hybridized carbons (Fsp3) is 0.333. The second-order valence-electron chi connectivity index (χ2n) is 7.18. The van der Waals surface area contributed by atoms with Gasteiger partial charge in [0.15, 0.2) is 5.82 Å². The normalized spacial score (nSPS) is 14.0. The van der Waals surface area contributed by atoms with Crippen LogP contribution < -0.4 is 15.8 Å². The number of hydrogen-bond acceptors (Lipinski definition) is 6. The predicted molar refractivity (Wildman–Crippen MR) is 110 cm³/mol. The van der Waals surface area contributed by atoms with Gasteiger partial charge >= 0.3 is 0 Å². The van der Waals surface area contributed by atoms with Crippen molar-refractivity contribution < 1.29 is 9.32 Å². The molecule has 150 valence electrons. The minimum absolute atomic E-state index is 0.204. The quantitative estimate of drug-likeness (QED) is 0.716. The zero-order chi connectivity index (χ0) is 20.2. The molecule has 8 nitrogen and oxygen atoms in total. The lowest BCUT2D eigenvalue weighted by Gasteiger charge is -2.28. The summed E-state index contributed by atoms with van der Waals surface area (Å²) in [5.74, 6) is 0.501. The maximum Gasteiger partial charge on any atom is 0.267 e. The van der Waals surface area contributed by atoms with Gasteiger partial charge in [0.25, 0.3) is 5.56 Å². The number of anilines is 2. The lowest BCUT2D eigenvalue weighted by atomic mass is 10.1. The van der Waals surface area contributed by atoms with Crippen LogP contribution in [0.1, 0.15) is 25.0 Å². The topological polar surface area (TPSA) is 93.3 Å². The Morgan fingerprint density at radius 3 is 2.55 bits per heavy atom. The van der Waals surface area contributed by atoms with Crippen molar-refractivity contribution in [1.29, 1.82) is 0 Å². The Bertz CT molecular complexity index is 1050. The molecule has 3 heterocycles. The van der Waals surface area contributed by atoms with E-state index < -0.39 is 5.91 Å². The van der Waals surface area contributed by atoms with Crippen LogP contribution in [0.3, 0.4) is 0 Å². The molecule has 1 aliphatic heterocycles. The second-order valence-corrected chi connectivity index (χ2v) is 7.18. The van der Waals surface area contributed by atoms with Gasteiger partial charge < -0.3 is 14.7 Å². The number of carbonyl (C=O) groups excluding carboxylic acids is 1. The van der Waals surface area contributed by atoms with Crippen LogP contribution in [0.4, 0.5) is 11.5 Å². The molecule has 1 aromatic carbocycles. The number of rotatable bonds is 5. The van der Waals surface area contributed by atoms with Gasteiger partial charge in [-0.25, -0.2) is 4.68 Å². The molecule has 1 amide bonds. The molecule has 0 aliphatic carbocycles. The molecule has 8 heteroatoms. The molecule has 0 saturated carbocycles. The van der Waals surface area contributed by atoms with Crippen LogP contribution in [-0.2, 0) is 11.3 Å². The van der Waals surface area contributed by atoms with Gasteiger partial charge in [-0.05, 0) is 44.4 Å². The minimum atomic E-state index is -0.398. The number of nitrogens with zero attached hydrogens (tertiary/aromatic N) is 4. The molecule has 1 saturated heterocycles. The first-order valence-electron chi connectivity index (χ1n) is 9.75. The van der Waals surface area contributed by atoms with Gasteiger partial charge in [0, 0.05) is 36.5 Å². The molecule has 4 rings (SSSR count). The van der Waals surface area contributed by atoms with Crippen molar-refractivity contribution in [1.82, 2.24) is 14.9 Å². The Labute approximate surface area is 168 Å². The smallest absolute Gasteiger partial charge is 0.267 e. The zero-order valence-corrected chi connectivity index (χ0v) is 16.3. The Kier molecular flexibility index (Phi) is 5.41. The molecule has 29 heavy (non-hydrogen) atoms. The summed E-state index contributed by atoms with van der Waals surface area (Å²) >= 11 is 0. The van der Waals surface area contributed by atoms with E-state index in [0.29, 0.717) is 17.3 Å². The highest BCUT2D eigenvalue weighted by Gasteiger charge is 2.13. The van der Waals surface area contributed by atoms with Crippen molar-refractivity contribution in [2.75, 3.05) is 23.3 Å². The predicted octanol–water partition coefficient (Wildman–Crippen LogP) is 2.84. The molecule has 1 fully saturated rings. The third-order valence-corrected chi connectivity index (χ3v) is 4.94. The summed E-state index contributed by atoms with van der Waals surface area (Å²) in [7, 11) is 0. The Morgan fingerprint density at radius 2 is 1.86 bits per heavy atom. The van der Waals surface area contributed by atoms with E-state index in [-0.39, 0.29) is 12.1 Å². The highest BCUT2D eigenvalue weighted by Crippen LogP contribution is 2.23. The van der Waals surface area contributed by atoms with Crippen LogP contribution in [0.5, 0.6) is 0 Å². The standard InChI is InChI=1S/C21H23N5O3/c1-15-13-19(24-29-15)22-20(27)14-26-21(28)10-9-18(23-26)16-5-7-17(8-6-16)25-11-3-2-4-12-25/h5-10,13H,2-4,11-12,14H2,1H3,(H,22,24,27). The largest absolute Gasteiger partial charge is 0.372 e. The molecule has 3 aromatic rings. The average Bonchev–Trinajstić information content (AvgIpc) is 3.15. The van der Waals surface area contributed by atoms with Crippen LogP contribution in [0.25, 0.3) is 11.3 Å². The van der Waals surface area contributed by atoms with Crippen LogP contribution >= 0.6 is 0 Å². The molecule has 0 radical (unpaired) electrons. The van der Waals surface area contributed by atoms with Crippen molar-refractivity contribution >= 4 is 17.4 Å². The van der Waals surface area contributed by atoms with Crippen molar-refractivity contribution in [3.8, 4) is 11.3 Å². The van der Waals surface area contributed by atoms with Gasteiger partial charge in [-0.15, -0.1) is 0 Å². The number of aryl methyl sites for hydroxylation is 1. The Balaban J connectivity index is 1.48. The van der Waals surface area contributed by atoms with Crippen molar-refractivity contribution in [3.63, 3.8) is 0 Å². The summed E-state index contributed by atoms with van der Waals surface area (Å²) < 4.78 is 6.07. The third-order valence-electron chi connectivity index (χ3n) is 4.94. The number of benzene rings is 1. The maximum absolute atomic E-state index is 12.2. The van der Waals surface area contributed by atoms with Crippen LogP contribution in [-0.4, -0.2) is 33.9 Å². The number of amides is 1. The highest BCUT2D eigenvalue weighted by atomic mass is 16.5. The molecule has 0 spiro atoms. The van der Waals surface area contributed by atoms with E-state index in [1.807, 2.05) is 12.1 Å². The monoisotopic (exact) mass is 393 g/mol. The van der Waals surface area contributed by atoms with Gasteiger partial charge in [-0.2, -0.15) is 5.10 Å². The summed E-state index contributed by atoms with van der Waals surface area (Å²) in [6, 6.07) is 12.9.